The second-order valence-corrected chi connectivity index (χ2v) is 10.6. The van der Waals surface area contributed by atoms with Crippen LogP contribution >= 0.6 is 34.5 Å². The molecular weight excluding hydrogens is 557 g/mol. The highest BCUT2D eigenvalue weighted by Crippen LogP contribution is 2.35. The average Bonchev–Trinajstić information content (AvgIpc) is 3.64. The van der Waals surface area contributed by atoms with Crippen molar-refractivity contribution in [2.24, 2.45) is 0 Å². The fraction of sp³-hybridized carbons (Fsp3) is 0.0714. The summed E-state index contributed by atoms with van der Waals surface area (Å²) >= 11 is 13.6. The Kier molecular flexibility index (Phi) is 5.84. The molecule has 192 valence electrons. The molecule has 8 nitrogen and oxygen atoms in total. The molecule has 0 fully saturated rings. The smallest absolute Gasteiger partial charge is 0.291 e. The standard InChI is InChI=1S/C28H17Cl2N5O3S/c29-18-7-8-20(21(30)14-18)26-31-28-35(33-26)27(36)24(39-28)13-17-15-34(19-4-2-1-3-5-19)32-25(17)16-6-9-22-23(12-16)38-11-10-37-22/h1-9,12-15H,10-11H2. The van der Waals surface area contributed by atoms with Gasteiger partial charge in [0, 0.05) is 27.9 Å². The summed E-state index contributed by atoms with van der Waals surface area (Å²) in [7, 11) is 0. The predicted octanol–water partition coefficient (Wildman–Crippen LogP) is 5.30. The first-order valence-corrected chi connectivity index (χ1v) is 13.5. The van der Waals surface area contributed by atoms with Crippen LogP contribution in [0.5, 0.6) is 11.5 Å². The third-order valence-electron chi connectivity index (χ3n) is 6.22. The maximum atomic E-state index is 13.4. The highest BCUT2D eigenvalue weighted by atomic mass is 35.5. The molecule has 3 aromatic carbocycles. The number of fused-ring (bicyclic) bond motifs is 2. The van der Waals surface area contributed by atoms with Gasteiger partial charge in [-0.3, -0.25) is 4.79 Å². The van der Waals surface area contributed by atoms with Gasteiger partial charge >= 0.3 is 0 Å². The van der Waals surface area contributed by atoms with E-state index in [9.17, 15) is 4.79 Å². The molecule has 0 saturated carbocycles. The molecule has 0 N–H and O–H groups in total. The van der Waals surface area contributed by atoms with Crippen LogP contribution in [0.4, 0.5) is 0 Å². The molecule has 7 rings (SSSR count). The number of thiazole rings is 1. The van der Waals surface area contributed by atoms with E-state index in [1.54, 1.807) is 22.9 Å². The van der Waals surface area contributed by atoms with E-state index < -0.39 is 0 Å². The van der Waals surface area contributed by atoms with Crippen LogP contribution in [0.15, 0.2) is 77.7 Å². The number of ether oxygens (including phenoxy) is 2. The van der Waals surface area contributed by atoms with Gasteiger partial charge in [0.1, 0.15) is 18.9 Å². The quantitative estimate of drug-likeness (QED) is 0.284. The highest BCUT2D eigenvalue weighted by Gasteiger charge is 2.18. The van der Waals surface area contributed by atoms with Crippen molar-refractivity contribution in [2.45, 2.75) is 0 Å². The van der Waals surface area contributed by atoms with E-state index in [0.717, 1.165) is 16.8 Å². The summed E-state index contributed by atoms with van der Waals surface area (Å²) in [5.41, 5.74) is 3.52. The molecule has 0 bridgehead atoms. The Balaban J connectivity index is 1.36. The first-order valence-electron chi connectivity index (χ1n) is 12.0. The van der Waals surface area contributed by atoms with E-state index in [0.29, 0.717) is 61.3 Å². The molecule has 1 aliphatic heterocycles. The molecule has 0 aliphatic carbocycles. The van der Waals surface area contributed by atoms with Crippen LogP contribution in [0, 0.1) is 0 Å². The van der Waals surface area contributed by atoms with Crippen molar-refractivity contribution in [1.82, 2.24) is 24.4 Å². The van der Waals surface area contributed by atoms with E-state index in [-0.39, 0.29) is 5.56 Å². The monoisotopic (exact) mass is 573 g/mol. The van der Waals surface area contributed by atoms with Crippen molar-refractivity contribution < 1.29 is 9.47 Å². The Hall–Kier alpha value is -4.18. The van der Waals surface area contributed by atoms with Crippen LogP contribution in [0.2, 0.25) is 10.0 Å². The molecule has 4 heterocycles. The molecule has 11 heteroatoms. The summed E-state index contributed by atoms with van der Waals surface area (Å²) in [4.78, 5) is 18.4. The molecule has 6 aromatic rings. The topological polar surface area (TPSA) is 83.5 Å². The molecule has 0 atom stereocenters. The maximum absolute atomic E-state index is 13.4. The summed E-state index contributed by atoms with van der Waals surface area (Å²) < 4.78 is 15.0. The van der Waals surface area contributed by atoms with Crippen LogP contribution < -0.4 is 19.6 Å². The van der Waals surface area contributed by atoms with Gasteiger partial charge in [-0.2, -0.15) is 14.6 Å². The number of aromatic nitrogens is 5. The fourth-order valence-corrected chi connectivity index (χ4v) is 5.77. The second kappa shape index (κ2) is 9.53. The fourth-order valence-electron chi connectivity index (χ4n) is 4.38. The van der Waals surface area contributed by atoms with Gasteiger partial charge in [-0.15, -0.1) is 5.10 Å². The first-order chi connectivity index (χ1) is 19.0. The lowest BCUT2D eigenvalue weighted by molar-refractivity contribution is 0.171. The van der Waals surface area contributed by atoms with Gasteiger partial charge < -0.3 is 9.47 Å². The zero-order valence-corrected chi connectivity index (χ0v) is 22.4. The van der Waals surface area contributed by atoms with Crippen LogP contribution in [0.25, 0.3) is 39.4 Å². The van der Waals surface area contributed by atoms with E-state index in [2.05, 4.69) is 10.1 Å². The largest absolute Gasteiger partial charge is 0.486 e. The number of nitrogens with zero attached hydrogens (tertiary/aromatic N) is 5. The molecule has 39 heavy (non-hydrogen) atoms. The van der Waals surface area contributed by atoms with Crippen molar-refractivity contribution >= 4 is 45.6 Å². The summed E-state index contributed by atoms with van der Waals surface area (Å²) in [5.74, 6) is 1.72. The minimum atomic E-state index is -0.278. The van der Waals surface area contributed by atoms with Crippen LogP contribution in [-0.4, -0.2) is 37.6 Å². The van der Waals surface area contributed by atoms with Crippen LogP contribution in [0.3, 0.4) is 0 Å². The van der Waals surface area contributed by atoms with Gasteiger partial charge in [-0.1, -0.05) is 52.7 Å². The minimum absolute atomic E-state index is 0.278. The van der Waals surface area contributed by atoms with E-state index in [1.807, 2.05) is 60.8 Å². The number of hydrogen-bond acceptors (Lipinski definition) is 7. The molecule has 0 amide bonds. The summed E-state index contributed by atoms with van der Waals surface area (Å²) in [6.45, 7) is 0.999. The van der Waals surface area contributed by atoms with Crippen molar-refractivity contribution in [2.75, 3.05) is 13.2 Å². The zero-order chi connectivity index (χ0) is 26.5. The SMILES string of the molecule is O=c1c(=Cc2cn(-c3ccccc3)nc2-c2ccc3c(c2)OCCO3)sc2nc(-c3ccc(Cl)cc3Cl)nn12. The zero-order valence-electron chi connectivity index (χ0n) is 20.0. The van der Waals surface area contributed by atoms with E-state index in [1.165, 1.54) is 15.9 Å². The van der Waals surface area contributed by atoms with Gasteiger partial charge in [-0.05, 0) is 54.6 Å². The average molecular weight is 574 g/mol. The van der Waals surface area contributed by atoms with Crippen molar-refractivity contribution in [3.05, 3.63) is 103 Å². The Bertz CT molecular complexity index is 1980. The minimum Gasteiger partial charge on any atom is -0.486 e. The molecule has 0 unspecified atom stereocenters. The molecule has 1 aliphatic rings. The van der Waals surface area contributed by atoms with Gasteiger partial charge in [0.05, 0.1) is 15.2 Å². The van der Waals surface area contributed by atoms with E-state index >= 15 is 0 Å². The lowest BCUT2D eigenvalue weighted by atomic mass is 10.1. The third kappa shape index (κ3) is 4.34. The van der Waals surface area contributed by atoms with Crippen molar-refractivity contribution in [1.29, 1.82) is 0 Å². The predicted molar refractivity (Wildman–Crippen MR) is 151 cm³/mol. The number of para-hydroxylation sites is 1. The van der Waals surface area contributed by atoms with E-state index in [4.69, 9.17) is 37.8 Å². The molecule has 0 saturated heterocycles. The van der Waals surface area contributed by atoms with Crippen molar-refractivity contribution in [3.8, 4) is 39.8 Å². The Morgan fingerprint density at radius 2 is 1.74 bits per heavy atom. The number of hydrogen-bond donors (Lipinski definition) is 0. The Morgan fingerprint density at radius 1 is 0.923 bits per heavy atom. The van der Waals surface area contributed by atoms with Crippen LogP contribution in [-0.2, 0) is 0 Å². The summed E-state index contributed by atoms with van der Waals surface area (Å²) in [6, 6.07) is 20.6. The third-order valence-corrected chi connectivity index (χ3v) is 7.73. The summed E-state index contributed by atoms with van der Waals surface area (Å²) in [6.07, 6.45) is 3.71. The van der Waals surface area contributed by atoms with Crippen LogP contribution in [0.1, 0.15) is 5.56 Å². The highest BCUT2D eigenvalue weighted by molar-refractivity contribution is 7.15. The Labute approximate surface area is 235 Å². The molecular formula is C28H17Cl2N5O3S. The lowest BCUT2D eigenvalue weighted by Gasteiger charge is -2.18. The van der Waals surface area contributed by atoms with Gasteiger partial charge in [0.15, 0.2) is 17.3 Å². The van der Waals surface area contributed by atoms with Gasteiger partial charge in [0.25, 0.3) is 5.56 Å². The van der Waals surface area contributed by atoms with Crippen molar-refractivity contribution in [3.63, 3.8) is 0 Å². The molecule has 0 radical (unpaired) electrons. The maximum Gasteiger partial charge on any atom is 0.291 e. The molecule has 3 aromatic heterocycles. The number of halogens is 2. The summed E-state index contributed by atoms with van der Waals surface area (Å²) in [5, 5.41) is 10.2. The van der Waals surface area contributed by atoms with Gasteiger partial charge in [0.2, 0.25) is 4.96 Å². The number of rotatable bonds is 4. The normalized spacial score (nSPS) is 13.3. The molecule has 0 spiro atoms. The first kappa shape index (κ1) is 23.9. The number of benzene rings is 3. The second-order valence-electron chi connectivity index (χ2n) is 8.74. The lowest BCUT2D eigenvalue weighted by Crippen LogP contribution is -2.23. The van der Waals surface area contributed by atoms with Gasteiger partial charge in [-0.25, -0.2) is 4.68 Å². The Morgan fingerprint density at radius 3 is 2.54 bits per heavy atom.